The van der Waals surface area contributed by atoms with Crippen LogP contribution in [0.5, 0.6) is 5.75 Å². The first-order valence-corrected chi connectivity index (χ1v) is 4.69. The minimum absolute atomic E-state index is 0.0932. The van der Waals surface area contributed by atoms with Gasteiger partial charge in [-0.3, -0.25) is 10.1 Å². The lowest BCUT2D eigenvalue weighted by Gasteiger charge is -1.91. The first-order chi connectivity index (χ1) is 8.49. The predicted molar refractivity (Wildman–Crippen MR) is 60.7 cm³/mol. The minimum Gasteiger partial charge on any atom is -0.504 e. The Morgan fingerprint density at radius 2 is 2.22 bits per heavy atom. The molecule has 4 N–H and O–H groups in total. The van der Waals surface area contributed by atoms with Gasteiger partial charge < -0.3 is 15.8 Å². The number of nitrogens with zero attached hydrogens (tertiary/aromatic N) is 3. The number of carbonyl (C=O) groups excluding carboxylic acids is 1. The molecule has 0 saturated carbocycles. The third kappa shape index (κ3) is 1.96. The molecule has 2 rings (SSSR count). The summed E-state index contributed by atoms with van der Waals surface area (Å²) in [5.41, 5.74) is 5.02. The maximum Gasteiger partial charge on any atom is 0.357 e. The van der Waals surface area contributed by atoms with Gasteiger partial charge in [-0.25, -0.2) is 4.79 Å². The molecule has 0 atom stereocenters. The second kappa shape index (κ2) is 4.13. The Labute approximate surface area is 99.1 Å². The fraction of sp³-hybridized carbons (Fsp3) is 0. The zero-order valence-electron chi connectivity index (χ0n) is 8.82. The number of benzene rings is 1. The van der Waals surface area contributed by atoms with Gasteiger partial charge in [0.25, 0.3) is 5.69 Å². The summed E-state index contributed by atoms with van der Waals surface area (Å²) in [4.78, 5) is 23.1. The Morgan fingerprint density at radius 1 is 1.50 bits per heavy atom. The van der Waals surface area contributed by atoms with Gasteiger partial charge in [0.05, 0.1) is 15.8 Å². The Morgan fingerprint density at radius 3 is 2.83 bits per heavy atom. The molecule has 0 saturated heterocycles. The van der Waals surface area contributed by atoms with Gasteiger partial charge in [0.2, 0.25) is 0 Å². The number of fused-ring (bicyclic) bond motifs is 1. The number of nitrogens with two attached hydrogens (primary N) is 1. The summed E-state index contributed by atoms with van der Waals surface area (Å²) in [6.07, 6.45) is 0. The van der Waals surface area contributed by atoms with E-state index in [1.54, 1.807) is 0 Å². The molecule has 0 bridgehead atoms. The van der Waals surface area contributed by atoms with Crippen LogP contribution in [0.2, 0.25) is 0 Å². The van der Waals surface area contributed by atoms with Crippen LogP contribution in [0.25, 0.3) is 10.9 Å². The molecule has 1 aromatic heterocycles. The number of nitro groups is 1. The molecule has 9 heteroatoms. The number of H-pyrrole nitrogens is 1. The number of urea groups is 1. The Kier molecular flexibility index (Phi) is 2.64. The van der Waals surface area contributed by atoms with E-state index in [1.165, 1.54) is 18.2 Å². The van der Waals surface area contributed by atoms with Crippen molar-refractivity contribution in [3.05, 3.63) is 28.3 Å². The molecular formula is C9H7N5O4. The average Bonchev–Trinajstić information content (AvgIpc) is 2.63. The fourth-order valence-corrected chi connectivity index (χ4v) is 1.44. The number of carbonyl (C=O) groups is 1. The number of azo groups is 1. The van der Waals surface area contributed by atoms with Crippen molar-refractivity contribution in [2.45, 2.75) is 0 Å². The summed E-state index contributed by atoms with van der Waals surface area (Å²) < 4.78 is 0. The van der Waals surface area contributed by atoms with Crippen LogP contribution in [0.3, 0.4) is 0 Å². The molecular weight excluding hydrogens is 242 g/mol. The van der Waals surface area contributed by atoms with E-state index in [2.05, 4.69) is 15.2 Å². The summed E-state index contributed by atoms with van der Waals surface area (Å²) in [5.74, 6) is -0.428. The predicted octanol–water partition coefficient (Wildman–Crippen LogP) is 1.94. The van der Waals surface area contributed by atoms with Crippen molar-refractivity contribution in [2.24, 2.45) is 16.0 Å². The Hall–Kier alpha value is -2.97. The van der Waals surface area contributed by atoms with Crippen molar-refractivity contribution in [2.75, 3.05) is 0 Å². The van der Waals surface area contributed by atoms with Crippen LogP contribution in [0.15, 0.2) is 28.4 Å². The van der Waals surface area contributed by atoms with Crippen molar-refractivity contribution in [1.82, 2.24) is 4.98 Å². The topological polar surface area (TPSA) is 147 Å². The first kappa shape index (κ1) is 11.5. The van der Waals surface area contributed by atoms with Crippen molar-refractivity contribution in [3.63, 3.8) is 0 Å². The summed E-state index contributed by atoms with van der Waals surface area (Å²) in [6.45, 7) is 0. The van der Waals surface area contributed by atoms with E-state index < -0.39 is 11.0 Å². The number of aromatic hydroxyl groups is 1. The molecule has 92 valence electrons. The van der Waals surface area contributed by atoms with Gasteiger partial charge in [0.1, 0.15) is 0 Å². The van der Waals surface area contributed by atoms with E-state index in [0.717, 1.165) is 0 Å². The van der Waals surface area contributed by atoms with Crippen molar-refractivity contribution in [3.8, 4) is 5.75 Å². The molecule has 0 radical (unpaired) electrons. The molecule has 2 aromatic rings. The van der Waals surface area contributed by atoms with Crippen LogP contribution in [-0.4, -0.2) is 21.0 Å². The zero-order chi connectivity index (χ0) is 13.3. The molecule has 0 fully saturated rings. The van der Waals surface area contributed by atoms with Crippen molar-refractivity contribution < 1.29 is 14.8 Å². The van der Waals surface area contributed by atoms with Crippen LogP contribution in [0.1, 0.15) is 0 Å². The van der Waals surface area contributed by atoms with Crippen LogP contribution in [0.4, 0.5) is 16.3 Å². The number of aromatic nitrogens is 1. The molecule has 0 aliphatic carbocycles. The molecule has 0 aliphatic heterocycles. The standard InChI is InChI=1S/C9H7N5O4/c10-9(16)13-12-8-7(15)5-3-4(14(17)18)1-2-6(5)11-8/h1-3,11,15H,(H2,10,16)/b13-12+. The smallest absolute Gasteiger partial charge is 0.357 e. The monoisotopic (exact) mass is 249 g/mol. The van der Waals surface area contributed by atoms with Gasteiger partial charge in [0, 0.05) is 12.1 Å². The quantitative estimate of drug-likeness (QED) is 0.423. The van der Waals surface area contributed by atoms with E-state index >= 15 is 0 Å². The Bertz CT molecular complexity index is 675. The number of nitro benzene ring substituents is 1. The van der Waals surface area contributed by atoms with Crippen LogP contribution >= 0.6 is 0 Å². The molecule has 1 heterocycles. The number of amides is 2. The number of hydrogen-bond acceptors (Lipinski definition) is 5. The molecule has 1 aromatic carbocycles. The van der Waals surface area contributed by atoms with Crippen molar-refractivity contribution >= 4 is 28.4 Å². The summed E-state index contributed by atoms with van der Waals surface area (Å²) in [5, 5.41) is 27.0. The largest absolute Gasteiger partial charge is 0.504 e. The van der Waals surface area contributed by atoms with E-state index in [4.69, 9.17) is 5.73 Å². The normalized spacial score (nSPS) is 11.1. The lowest BCUT2D eigenvalue weighted by molar-refractivity contribution is -0.384. The number of hydrogen-bond donors (Lipinski definition) is 3. The van der Waals surface area contributed by atoms with Gasteiger partial charge in [-0.2, -0.15) is 0 Å². The number of rotatable bonds is 2. The van der Waals surface area contributed by atoms with Gasteiger partial charge in [-0.05, 0) is 6.07 Å². The maximum atomic E-state index is 10.6. The highest BCUT2D eigenvalue weighted by atomic mass is 16.6. The van der Waals surface area contributed by atoms with E-state index in [-0.39, 0.29) is 22.6 Å². The Balaban J connectivity index is 2.56. The second-order valence-corrected chi connectivity index (χ2v) is 3.35. The van der Waals surface area contributed by atoms with E-state index in [0.29, 0.717) is 5.52 Å². The number of primary amides is 1. The van der Waals surface area contributed by atoms with Crippen LogP contribution < -0.4 is 5.73 Å². The third-order valence-electron chi connectivity index (χ3n) is 2.20. The number of nitrogens with one attached hydrogen (secondary N) is 1. The second-order valence-electron chi connectivity index (χ2n) is 3.35. The minimum atomic E-state index is -1.01. The lowest BCUT2D eigenvalue weighted by atomic mass is 10.2. The van der Waals surface area contributed by atoms with Gasteiger partial charge in [0.15, 0.2) is 11.6 Å². The average molecular weight is 249 g/mol. The number of aromatic amines is 1. The first-order valence-electron chi connectivity index (χ1n) is 4.69. The molecule has 9 nitrogen and oxygen atoms in total. The molecule has 0 unspecified atom stereocenters. The fourth-order valence-electron chi connectivity index (χ4n) is 1.44. The van der Waals surface area contributed by atoms with Gasteiger partial charge in [-0.15, -0.1) is 5.11 Å². The third-order valence-corrected chi connectivity index (χ3v) is 2.20. The molecule has 18 heavy (non-hydrogen) atoms. The van der Waals surface area contributed by atoms with Gasteiger partial charge >= 0.3 is 6.03 Å². The zero-order valence-corrected chi connectivity index (χ0v) is 8.82. The number of non-ortho nitro benzene ring substituents is 1. The van der Waals surface area contributed by atoms with Crippen LogP contribution in [-0.2, 0) is 0 Å². The molecule has 2 amide bonds. The van der Waals surface area contributed by atoms with Gasteiger partial charge in [-0.1, -0.05) is 5.11 Å². The summed E-state index contributed by atoms with van der Waals surface area (Å²) in [6, 6.07) is 2.85. The van der Waals surface area contributed by atoms with E-state index in [9.17, 15) is 20.0 Å². The highest BCUT2D eigenvalue weighted by Gasteiger charge is 2.14. The maximum absolute atomic E-state index is 10.6. The SMILES string of the molecule is NC(=O)/N=N/c1[nH]c2ccc([N+](=O)[O-])cc2c1O. The van der Waals surface area contributed by atoms with E-state index in [1.807, 2.05) is 0 Å². The molecule has 0 spiro atoms. The molecule has 0 aliphatic rings. The summed E-state index contributed by atoms with van der Waals surface area (Å²) in [7, 11) is 0. The van der Waals surface area contributed by atoms with Crippen LogP contribution in [0, 0.1) is 10.1 Å². The highest BCUT2D eigenvalue weighted by molar-refractivity contribution is 5.92. The van der Waals surface area contributed by atoms with Crippen molar-refractivity contribution in [1.29, 1.82) is 0 Å². The lowest BCUT2D eigenvalue weighted by Crippen LogP contribution is -2.01. The highest BCUT2D eigenvalue weighted by Crippen LogP contribution is 2.36. The summed E-state index contributed by atoms with van der Waals surface area (Å²) >= 11 is 0.